The van der Waals surface area contributed by atoms with Crippen LogP contribution in [-0.2, 0) is 12.8 Å². The Kier molecular flexibility index (Phi) is 5.45. The molecule has 1 aliphatic carbocycles. The molecule has 1 amide bonds. The Labute approximate surface area is 170 Å². The van der Waals surface area contributed by atoms with Crippen molar-refractivity contribution in [1.82, 2.24) is 20.0 Å². The number of aromatic nitrogens is 2. The van der Waals surface area contributed by atoms with E-state index in [0.29, 0.717) is 12.2 Å². The molecular formula is C23H25FN4O. The van der Waals surface area contributed by atoms with Crippen molar-refractivity contribution in [3.8, 4) is 5.69 Å². The van der Waals surface area contributed by atoms with Crippen LogP contribution in [0.2, 0.25) is 0 Å². The third kappa shape index (κ3) is 3.93. The number of benzene rings is 2. The fourth-order valence-electron chi connectivity index (χ4n) is 3.99. The summed E-state index contributed by atoms with van der Waals surface area (Å²) < 4.78 is 15.5. The molecule has 0 fully saturated rings. The van der Waals surface area contributed by atoms with Gasteiger partial charge in [-0.2, -0.15) is 5.10 Å². The molecule has 1 aromatic heterocycles. The maximum atomic E-state index is 13.7. The minimum atomic E-state index is -0.278. The molecule has 0 spiro atoms. The number of hydrogen-bond donors (Lipinski definition) is 1. The first-order valence-electron chi connectivity index (χ1n) is 9.91. The molecule has 0 bridgehead atoms. The summed E-state index contributed by atoms with van der Waals surface area (Å²) in [7, 11) is 3.84. The fraction of sp³-hybridized carbons (Fsp3) is 0.304. The Morgan fingerprint density at radius 1 is 1.17 bits per heavy atom. The molecule has 0 radical (unpaired) electrons. The van der Waals surface area contributed by atoms with Crippen LogP contribution in [0.25, 0.3) is 5.69 Å². The molecule has 1 aliphatic rings. The first-order chi connectivity index (χ1) is 14.0. The van der Waals surface area contributed by atoms with Gasteiger partial charge in [-0.15, -0.1) is 0 Å². The number of likely N-dealkylation sites (N-methyl/N-ethyl adjacent to an activating group) is 1. The first kappa shape index (κ1) is 19.3. The molecule has 0 saturated carbocycles. The van der Waals surface area contributed by atoms with Crippen LogP contribution in [-0.4, -0.2) is 41.2 Å². The molecule has 150 valence electrons. The Morgan fingerprint density at radius 2 is 1.97 bits per heavy atom. The van der Waals surface area contributed by atoms with E-state index in [4.69, 9.17) is 0 Å². The lowest BCUT2D eigenvalue weighted by Gasteiger charge is -2.25. The van der Waals surface area contributed by atoms with Crippen molar-refractivity contribution in [1.29, 1.82) is 0 Å². The second-order valence-corrected chi connectivity index (χ2v) is 7.62. The van der Waals surface area contributed by atoms with Crippen molar-refractivity contribution in [3.63, 3.8) is 0 Å². The van der Waals surface area contributed by atoms with Gasteiger partial charge >= 0.3 is 0 Å². The zero-order valence-electron chi connectivity index (χ0n) is 16.7. The smallest absolute Gasteiger partial charge is 0.272 e. The van der Waals surface area contributed by atoms with Crippen molar-refractivity contribution in [2.75, 3.05) is 20.6 Å². The van der Waals surface area contributed by atoms with Gasteiger partial charge in [-0.25, -0.2) is 9.07 Å². The lowest BCUT2D eigenvalue weighted by Crippen LogP contribution is -2.35. The number of nitrogens with one attached hydrogen (secondary N) is 1. The molecule has 1 heterocycles. The predicted octanol–water partition coefficient (Wildman–Crippen LogP) is 3.53. The average Bonchev–Trinajstić information content (AvgIpc) is 3.31. The van der Waals surface area contributed by atoms with E-state index in [1.54, 1.807) is 6.07 Å². The molecular weight excluding hydrogens is 367 g/mol. The van der Waals surface area contributed by atoms with E-state index in [-0.39, 0.29) is 17.8 Å². The third-order valence-corrected chi connectivity index (χ3v) is 5.46. The van der Waals surface area contributed by atoms with Crippen molar-refractivity contribution >= 4 is 5.91 Å². The monoisotopic (exact) mass is 392 g/mol. The minimum absolute atomic E-state index is 0.126. The highest BCUT2D eigenvalue weighted by Crippen LogP contribution is 2.28. The van der Waals surface area contributed by atoms with Crippen LogP contribution in [0.4, 0.5) is 4.39 Å². The van der Waals surface area contributed by atoms with Gasteiger partial charge in [0.05, 0.1) is 11.7 Å². The number of carbonyl (C=O) groups is 1. The van der Waals surface area contributed by atoms with Gasteiger partial charge in [0.2, 0.25) is 0 Å². The number of halogens is 1. The predicted molar refractivity (Wildman–Crippen MR) is 111 cm³/mol. The molecule has 0 saturated heterocycles. The van der Waals surface area contributed by atoms with Crippen LogP contribution < -0.4 is 5.32 Å². The summed E-state index contributed by atoms with van der Waals surface area (Å²) in [5.41, 5.74) is 4.46. The van der Waals surface area contributed by atoms with Crippen molar-refractivity contribution in [2.45, 2.75) is 25.3 Å². The lowest BCUT2D eigenvalue weighted by atomic mass is 10.1. The van der Waals surface area contributed by atoms with Crippen LogP contribution in [0.5, 0.6) is 0 Å². The van der Waals surface area contributed by atoms with E-state index >= 15 is 0 Å². The zero-order valence-corrected chi connectivity index (χ0v) is 16.7. The Morgan fingerprint density at radius 3 is 2.69 bits per heavy atom. The van der Waals surface area contributed by atoms with Crippen LogP contribution in [0, 0.1) is 5.82 Å². The number of para-hydroxylation sites is 1. The van der Waals surface area contributed by atoms with Gasteiger partial charge in [0.25, 0.3) is 5.91 Å². The highest BCUT2D eigenvalue weighted by Gasteiger charge is 2.27. The topological polar surface area (TPSA) is 50.2 Å². The van der Waals surface area contributed by atoms with Gasteiger partial charge in [-0.1, -0.05) is 30.3 Å². The number of rotatable bonds is 6. The number of carbonyl (C=O) groups excluding carboxylic acids is 1. The Balaban J connectivity index is 1.56. The molecule has 2 aromatic carbocycles. The number of amides is 1. The summed E-state index contributed by atoms with van der Waals surface area (Å²) in [6.45, 7) is 0.377. The molecule has 1 atom stereocenters. The van der Waals surface area contributed by atoms with Crippen LogP contribution in [0.3, 0.4) is 0 Å². The molecule has 1 unspecified atom stereocenters. The zero-order chi connectivity index (χ0) is 20.4. The van der Waals surface area contributed by atoms with Crippen molar-refractivity contribution in [2.24, 2.45) is 0 Å². The summed E-state index contributed by atoms with van der Waals surface area (Å²) in [6.07, 6.45) is 2.82. The summed E-state index contributed by atoms with van der Waals surface area (Å²) in [5.74, 6) is -0.457. The molecule has 4 rings (SSSR count). The van der Waals surface area contributed by atoms with E-state index in [1.165, 1.54) is 12.1 Å². The lowest BCUT2D eigenvalue weighted by molar-refractivity contribution is 0.0935. The Bertz CT molecular complexity index is 1010. The summed E-state index contributed by atoms with van der Waals surface area (Å²) >= 11 is 0. The second kappa shape index (κ2) is 8.17. The van der Waals surface area contributed by atoms with Gasteiger partial charge < -0.3 is 10.2 Å². The van der Waals surface area contributed by atoms with Crippen LogP contribution in [0.15, 0.2) is 54.6 Å². The van der Waals surface area contributed by atoms with Gasteiger partial charge in [-0.05, 0) is 63.2 Å². The van der Waals surface area contributed by atoms with Gasteiger partial charge in [0, 0.05) is 17.8 Å². The van der Waals surface area contributed by atoms with Gasteiger partial charge in [0.15, 0.2) is 5.69 Å². The highest BCUT2D eigenvalue weighted by atomic mass is 19.1. The highest BCUT2D eigenvalue weighted by molar-refractivity contribution is 5.94. The number of fused-ring (bicyclic) bond motifs is 1. The fourth-order valence-corrected chi connectivity index (χ4v) is 3.99. The summed E-state index contributed by atoms with van der Waals surface area (Å²) in [4.78, 5) is 15.0. The first-order valence-corrected chi connectivity index (χ1v) is 9.91. The maximum absolute atomic E-state index is 13.7. The van der Waals surface area contributed by atoms with Crippen LogP contribution >= 0.6 is 0 Å². The Hall–Kier alpha value is -2.99. The second-order valence-electron chi connectivity index (χ2n) is 7.62. The number of nitrogens with zero attached hydrogens (tertiary/aromatic N) is 3. The summed E-state index contributed by atoms with van der Waals surface area (Å²) in [5, 5.41) is 7.66. The average molecular weight is 392 g/mol. The van der Waals surface area contributed by atoms with E-state index in [1.807, 2.05) is 60.1 Å². The van der Waals surface area contributed by atoms with Gasteiger partial charge in [0.1, 0.15) is 5.82 Å². The minimum Gasteiger partial charge on any atom is -0.349 e. The van der Waals surface area contributed by atoms with E-state index in [9.17, 15) is 9.18 Å². The summed E-state index contributed by atoms with van der Waals surface area (Å²) in [6, 6.07) is 16.3. The van der Waals surface area contributed by atoms with Crippen molar-refractivity contribution < 1.29 is 9.18 Å². The molecule has 1 N–H and O–H groups in total. The largest absolute Gasteiger partial charge is 0.349 e. The maximum Gasteiger partial charge on any atom is 0.272 e. The van der Waals surface area contributed by atoms with Crippen molar-refractivity contribution in [3.05, 3.63) is 82.9 Å². The van der Waals surface area contributed by atoms with E-state index < -0.39 is 0 Å². The SMILES string of the molecule is CN(C)C(CNC(=O)c1nn(-c2ccccc2)c2c1CCC2)c1cccc(F)c1. The van der Waals surface area contributed by atoms with E-state index in [2.05, 4.69) is 10.4 Å². The molecule has 6 heteroatoms. The normalized spacial score (nSPS) is 14.1. The third-order valence-electron chi connectivity index (χ3n) is 5.46. The quantitative estimate of drug-likeness (QED) is 0.698. The molecule has 3 aromatic rings. The molecule has 5 nitrogen and oxygen atoms in total. The van der Waals surface area contributed by atoms with E-state index in [0.717, 1.165) is 41.8 Å². The molecule has 0 aliphatic heterocycles. The standard InChI is InChI=1S/C23H25FN4O/c1-27(2)21(16-8-6-9-17(24)14-16)15-25-23(29)22-19-12-7-13-20(19)28(26-22)18-10-4-3-5-11-18/h3-6,8-11,14,21H,7,12-13,15H2,1-2H3,(H,25,29). The number of hydrogen-bond acceptors (Lipinski definition) is 3. The molecule has 29 heavy (non-hydrogen) atoms. The van der Waals surface area contributed by atoms with Crippen LogP contribution in [0.1, 0.15) is 39.8 Å². The van der Waals surface area contributed by atoms with Gasteiger partial charge in [-0.3, -0.25) is 4.79 Å².